The molecule has 0 aromatic heterocycles. The number of nitrogens with one attached hydrogen (secondary N) is 1. The summed E-state index contributed by atoms with van der Waals surface area (Å²) in [7, 11) is 0. The van der Waals surface area contributed by atoms with E-state index >= 15 is 0 Å². The molecular formula is C20H35N3O3. The summed E-state index contributed by atoms with van der Waals surface area (Å²) in [5.41, 5.74) is 3.45. The zero-order valence-electron chi connectivity index (χ0n) is 16.0. The Morgan fingerprint density at radius 2 is 1.81 bits per heavy atom. The highest BCUT2D eigenvalue weighted by Crippen LogP contribution is 2.32. The Bertz CT molecular complexity index is 512. The molecule has 3 aliphatic rings. The summed E-state index contributed by atoms with van der Waals surface area (Å²) < 4.78 is 0. The Balaban J connectivity index is 1.55. The van der Waals surface area contributed by atoms with Gasteiger partial charge < -0.3 is 15.7 Å². The van der Waals surface area contributed by atoms with E-state index in [1.54, 1.807) is 0 Å². The Morgan fingerprint density at radius 1 is 1.12 bits per heavy atom. The molecule has 0 bridgehead atoms. The molecule has 0 radical (unpaired) electrons. The van der Waals surface area contributed by atoms with Crippen molar-refractivity contribution in [2.75, 3.05) is 19.6 Å². The second kappa shape index (κ2) is 8.26. The largest absolute Gasteiger partial charge is 0.379 e. The van der Waals surface area contributed by atoms with Crippen molar-refractivity contribution in [3.8, 4) is 0 Å². The summed E-state index contributed by atoms with van der Waals surface area (Å²) in [6.07, 6.45) is 12.1. The molecule has 4 N–H and O–H groups in total. The number of piperidine rings is 1. The first kappa shape index (κ1) is 19.6. The van der Waals surface area contributed by atoms with Gasteiger partial charge in [-0.05, 0) is 38.0 Å². The number of carbonyl (C=O) groups excluding carboxylic acids is 2. The van der Waals surface area contributed by atoms with Crippen molar-refractivity contribution >= 4 is 11.8 Å². The fraction of sp³-hybridized carbons (Fsp3) is 0.900. The monoisotopic (exact) mass is 365 g/mol. The smallest absolute Gasteiger partial charge is 0.255 e. The molecule has 6 nitrogen and oxygen atoms in total. The maximum absolute atomic E-state index is 12.9. The van der Waals surface area contributed by atoms with Crippen molar-refractivity contribution in [3.05, 3.63) is 0 Å². The summed E-state index contributed by atoms with van der Waals surface area (Å²) in [4.78, 5) is 26.7. The van der Waals surface area contributed by atoms with Crippen LogP contribution in [0.5, 0.6) is 0 Å². The first-order valence-electron chi connectivity index (χ1n) is 10.5. The number of rotatable bonds is 7. The van der Waals surface area contributed by atoms with Crippen LogP contribution in [0.1, 0.15) is 77.0 Å². The molecule has 1 heterocycles. The standard InChI is InChI=1S/C20H35N3O3/c21-17(24)19(10-4-5-11-19)22-15-20(26)12-6-13-23(18(20)25)14-9-16-7-2-1-3-8-16/h16,22,26H,1-15H2,(H2,21,24). The number of primary amides is 1. The number of nitrogens with zero attached hydrogens (tertiary/aromatic N) is 1. The van der Waals surface area contributed by atoms with Gasteiger partial charge in [0, 0.05) is 19.6 Å². The van der Waals surface area contributed by atoms with Gasteiger partial charge in [-0.3, -0.25) is 14.9 Å². The van der Waals surface area contributed by atoms with Gasteiger partial charge in [-0.2, -0.15) is 0 Å². The topological polar surface area (TPSA) is 95.7 Å². The van der Waals surface area contributed by atoms with E-state index in [-0.39, 0.29) is 18.4 Å². The van der Waals surface area contributed by atoms with E-state index in [2.05, 4.69) is 5.32 Å². The number of carbonyl (C=O) groups is 2. The molecule has 1 unspecified atom stereocenters. The minimum absolute atomic E-state index is 0.120. The van der Waals surface area contributed by atoms with Crippen LogP contribution in [0.25, 0.3) is 0 Å². The van der Waals surface area contributed by atoms with Crippen LogP contribution in [0.3, 0.4) is 0 Å². The summed E-state index contributed by atoms with van der Waals surface area (Å²) in [6, 6.07) is 0. The van der Waals surface area contributed by atoms with Crippen molar-refractivity contribution < 1.29 is 14.7 Å². The van der Waals surface area contributed by atoms with Crippen molar-refractivity contribution in [3.63, 3.8) is 0 Å². The first-order chi connectivity index (χ1) is 12.5. The number of aliphatic hydroxyl groups is 1. The molecule has 6 heteroatoms. The average molecular weight is 366 g/mol. The SMILES string of the molecule is NC(=O)C1(NCC2(O)CCCN(CCC3CCCCC3)C2=O)CCCC1. The van der Waals surface area contributed by atoms with Crippen molar-refractivity contribution in [2.45, 2.75) is 88.2 Å². The third-order valence-corrected chi connectivity index (χ3v) is 6.88. The van der Waals surface area contributed by atoms with Crippen LogP contribution in [0, 0.1) is 5.92 Å². The lowest BCUT2D eigenvalue weighted by Gasteiger charge is -2.40. The fourth-order valence-corrected chi connectivity index (χ4v) is 5.06. The molecule has 3 rings (SSSR count). The minimum Gasteiger partial charge on any atom is -0.379 e. The lowest BCUT2D eigenvalue weighted by atomic mass is 9.86. The molecule has 148 valence electrons. The van der Waals surface area contributed by atoms with Crippen LogP contribution in [-0.4, -0.2) is 52.6 Å². The van der Waals surface area contributed by atoms with Crippen molar-refractivity contribution in [1.29, 1.82) is 0 Å². The van der Waals surface area contributed by atoms with Gasteiger partial charge in [-0.15, -0.1) is 0 Å². The highest BCUT2D eigenvalue weighted by Gasteiger charge is 2.46. The molecule has 2 amide bonds. The molecule has 1 atom stereocenters. The van der Waals surface area contributed by atoms with E-state index in [4.69, 9.17) is 5.73 Å². The number of hydrogen-bond acceptors (Lipinski definition) is 4. The van der Waals surface area contributed by atoms with Crippen LogP contribution in [-0.2, 0) is 9.59 Å². The van der Waals surface area contributed by atoms with Gasteiger partial charge in [-0.1, -0.05) is 44.9 Å². The maximum atomic E-state index is 12.9. The van der Waals surface area contributed by atoms with Crippen molar-refractivity contribution in [2.24, 2.45) is 11.7 Å². The van der Waals surface area contributed by atoms with Gasteiger partial charge in [-0.25, -0.2) is 0 Å². The summed E-state index contributed by atoms with van der Waals surface area (Å²) in [5.74, 6) is 0.182. The molecule has 26 heavy (non-hydrogen) atoms. The fourth-order valence-electron chi connectivity index (χ4n) is 5.06. The zero-order valence-corrected chi connectivity index (χ0v) is 16.0. The average Bonchev–Trinajstić information content (AvgIpc) is 3.13. The summed E-state index contributed by atoms with van der Waals surface area (Å²) in [5, 5.41) is 14.2. The van der Waals surface area contributed by atoms with E-state index < -0.39 is 11.1 Å². The predicted octanol–water partition coefficient (Wildman–Crippen LogP) is 1.70. The quantitative estimate of drug-likeness (QED) is 0.640. The Hall–Kier alpha value is -1.14. The zero-order chi connectivity index (χ0) is 18.6. The number of likely N-dealkylation sites (tertiary alicyclic amines) is 1. The lowest BCUT2D eigenvalue weighted by molar-refractivity contribution is -0.157. The maximum Gasteiger partial charge on any atom is 0.255 e. The van der Waals surface area contributed by atoms with E-state index in [0.717, 1.165) is 44.7 Å². The molecule has 1 aliphatic heterocycles. The predicted molar refractivity (Wildman–Crippen MR) is 100 cm³/mol. The van der Waals surface area contributed by atoms with Crippen molar-refractivity contribution in [1.82, 2.24) is 10.2 Å². The van der Waals surface area contributed by atoms with Gasteiger partial charge in [0.05, 0.1) is 5.54 Å². The second-order valence-electron chi connectivity index (χ2n) is 8.73. The Kier molecular flexibility index (Phi) is 6.23. The summed E-state index contributed by atoms with van der Waals surface area (Å²) in [6.45, 7) is 1.59. The van der Waals surface area contributed by atoms with E-state index in [1.807, 2.05) is 4.90 Å². The molecule has 0 aromatic carbocycles. The highest BCUT2D eigenvalue weighted by molar-refractivity contribution is 5.87. The molecule has 0 spiro atoms. The Labute approximate surface area is 156 Å². The number of β-amino-alcohol motifs (C(OH)–C–C–N with tert-alkyl or cyclic N) is 1. The van der Waals surface area contributed by atoms with Gasteiger partial charge in [0.15, 0.2) is 5.60 Å². The molecule has 2 aliphatic carbocycles. The van der Waals surface area contributed by atoms with Crippen LogP contribution < -0.4 is 11.1 Å². The van der Waals surface area contributed by atoms with Gasteiger partial charge in [0.25, 0.3) is 5.91 Å². The highest BCUT2D eigenvalue weighted by atomic mass is 16.3. The number of amides is 2. The number of nitrogens with two attached hydrogens (primary N) is 1. The molecular weight excluding hydrogens is 330 g/mol. The third kappa shape index (κ3) is 4.22. The van der Waals surface area contributed by atoms with E-state index in [9.17, 15) is 14.7 Å². The van der Waals surface area contributed by atoms with E-state index in [0.29, 0.717) is 19.3 Å². The summed E-state index contributed by atoms with van der Waals surface area (Å²) >= 11 is 0. The Morgan fingerprint density at radius 3 is 2.46 bits per heavy atom. The molecule has 3 fully saturated rings. The van der Waals surface area contributed by atoms with Gasteiger partial charge in [0.2, 0.25) is 5.91 Å². The van der Waals surface area contributed by atoms with Gasteiger partial charge >= 0.3 is 0 Å². The molecule has 2 saturated carbocycles. The number of hydrogen-bond donors (Lipinski definition) is 3. The minimum atomic E-state index is -1.41. The molecule has 1 saturated heterocycles. The van der Waals surface area contributed by atoms with Crippen LogP contribution in [0.2, 0.25) is 0 Å². The van der Waals surface area contributed by atoms with E-state index in [1.165, 1.54) is 32.1 Å². The van der Waals surface area contributed by atoms with Crippen LogP contribution in [0.4, 0.5) is 0 Å². The normalized spacial score (nSPS) is 29.9. The molecule has 0 aromatic rings. The second-order valence-corrected chi connectivity index (χ2v) is 8.73. The lowest BCUT2D eigenvalue weighted by Crippen LogP contribution is -2.63. The van der Waals surface area contributed by atoms with Crippen LogP contribution in [0.15, 0.2) is 0 Å². The van der Waals surface area contributed by atoms with Gasteiger partial charge in [0.1, 0.15) is 0 Å². The third-order valence-electron chi connectivity index (χ3n) is 6.88. The van der Waals surface area contributed by atoms with Crippen LogP contribution >= 0.6 is 0 Å². The first-order valence-corrected chi connectivity index (χ1v) is 10.5.